The molecular weight excluding hydrogens is 372 g/mol. The molecule has 0 bridgehead atoms. The number of ketones is 1. The Hall–Kier alpha value is -0.910. The molecule has 1 heterocycles. The smallest absolute Gasteiger partial charge is 0.187 e. The van der Waals surface area contributed by atoms with Crippen molar-refractivity contribution < 1.29 is 44.9 Å². The highest BCUT2D eigenvalue weighted by atomic mass is 16.7. The number of ether oxygens (including phenoxy) is 2. The molecule has 1 aliphatic heterocycles. The second kappa shape index (κ2) is 8.85. The lowest BCUT2D eigenvalue weighted by Crippen LogP contribution is -2.59. The van der Waals surface area contributed by atoms with E-state index in [1.807, 2.05) is 0 Å². The second-order valence-corrected chi connectivity index (χ2v) is 8.44. The Morgan fingerprint density at radius 3 is 2.39 bits per heavy atom. The van der Waals surface area contributed by atoms with Gasteiger partial charge in [-0.15, -0.1) is 0 Å². The SMILES string of the molecule is CC1CC(=O)CC(C)(C)C1(O)/C=C/C(CO)OC1OC(CO)C(O)C(O)C1O. The van der Waals surface area contributed by atoms with E-state index in [1.54, 1.807) is 20.8 Å². The van der Waals surface area contributed by atoms with Crippen LogP contribution in [0.1, 0.15) is 33.6 Å². The maximum absolute atomic E-state index is 11.9. The Morgan fingerprint density at radius 2 is 1.86 bits per heavy atom. The van der Waals surface area contributed by atoms with Crippen LogP contribution in [0, 0.1) is 11.3 Å². The van der Waals surface area contributed by atoms with Crippen molar-refractivity contribution in [2.24, 2.45) is 11.3 Å². The quantitative estimate of drug-likeness (QED) is 0.289. The molecule has 28 heavy (non-hydrogen) atoms. The first-order chi connectivity index (χ1) is 13.0. The molecule has 162 valence electrons. The normalized spacial score (nSPS) is 42.7. The molecule has 6 N–H and O–H groups in total. The first kappa shape index (κ1) is 23.4. The zero-order valence-electron chi connectivity index (χ0n) is 16.4. The molecule has 2 rings (SSSR count). The third-order valence-corrected chi connectivity index (χ3v) is 5.91. The molecule has 1 saturated carbocycles. The van der Waals surface area contributed by atoms with Crippen LogP contribution in [0.25, 0.3) is 0 Å². The van der Waals surface area contributed by atoms with Gasteiger partial charge in [-0.1, -0.05) is 32.9 Å². The van der Waals surface area contributed by atoms with Crippen molar-refractivity contribution in [3.63, 3.8) is 0 Å². The van der Waals surface area contributed by atoms with E-state index in [-0.39, 0.29) is 24.5 Å². The Balaban J connectivity index is 2.14. The van der Waals surface area contributed by atoms with Crippen molar-refractivity contribution >= 4 is 5.78 Å². The maximum atomic E-state index is 11.9. The molecule has 9 heteroatoms. The fourth-order valence-corrected chi connectivity index (χ4v) is 4.02. The molecule has 8 atom stereocenters. The molecule has 2 aliphatic rings. The number of hydrogen-bond acceptors (Lipinski definition) is 9. The van der Waals surface area contributed by atoms with E-state index in [0.29, 0.717) is 0 Å². The zero-order chi connectivity index (χ0) is 21.3. The molecule has 0 aromatic carbocycles. The van der Waals surface area contributed by atoms with Crippen molar-refractivity contribution in [2.75, 3.05) is 13.2 Å². The third-order valence-electron chi connectivity index (χ3n) is 5.91. The predicted molar refractivity (Wildman–Crippen MR) is 97.0 cm³/mol. The van der Waals surface area contributed by atoms with Crippen molar-refractivity contribution in [2.45, 2.75) is 76.0 Å². The Morgan fingerprint density at radius 1 is 1.21 bits per heavy atom. The summed E-state index contributed by atoms with van der Waals surface area (Å²) in [5, 5.41) is 59.7. The highest BCUT2D eigenvalue weighted by Crippen LogP contribution is 2.46. The van der Waals surface area contributed by atoms with Crippen LogP contribution in [-0.4, -0.2) is 92.0 Å². The summed E-state index contributed by atoms with van der Waals surface area (Å²) in [6.07, 6.45) is -4.83. The van der Waals surface area contributed by atoms with E-state index in [1.165, 1.54) is 12.2 Å². The van der Waals surface area contributed by atoms with Gasteiger partial charge < -0.3 is 40.1 Å². The van der Waals surface area contributed by atoms with E-state index in [0.717, 1.165) is 0 Å². The van der Waals surface area contributed by atoms with Crippen LogP contribution in [0.5, 0.6) is 0 Å². The van der Waals surface area contributed by atoms with Crippen molar-refractivity contribution in [1.29, 1.82) is 0 Å². The van der Waals surface area contributed by atoms with E-state index in [4.69, 9.17) is 9.47 Å². The molecule has 0 aromatic rings. The number of carbonyl (C=O) groups excluding carboxylic acids is 1. The summed E-state index contributed by atoms with van der Waals surface area (Å²) in [5.41, 5.74) is -2.03. The largest absolute Gasteiger partial charge is 0.394 e. The molecule has 8 unspecified atom stereocenters. The van der Waals surface area contributed by atoms with Crippen LogP contribution in [-0.2, 0) is 14.3 Å². The number of carbonyl (C=O) groups is 1. The summed E-state index contributed by atoms with van der Waals surface area (Å²) in [4.78, 5) is 11.9. The highest BCUT2D eigenvalue weighted by Gasteiger charge is 2.51. The van der Waals surface area contributed by atoms with Gasteiger partial charge in [0.2, 0.25) is 0 Å². The van der Waals surface area contributed by atoms with Gasteiger partial charge >= 0.3 is 0 Å². The Bertz CT molecular complexity index is 576. The molecule has 0 radical (unpaired) electrons. The summed E-state index contributed by atoms with van der Waals surface area (Å²) in [6, 6.07) is 0. The first-order valence-electron chi connectivity index (χ1n) is 9.47. The average molecular weight is 404 g/mol. The third kappa shape index (κ3) is 4.47. The zero-order valence-corrected chi connectivity index (χ0v) is 16.4. The van der Waals surface area contributed by atoms with Gasteiger partial charge in [0.25, 0.3) is 0 Å². The minimum Gasteiger partial charge on any atom is -0.394 e. The molecular formula is C19H32O9. The van der Waals surface area contributed by atoms with Gasteiger partial charge in [0.05, 0.1) is 18.8 Å². The number of aliphatic hydroxyl groups excluding tert-OH is 5. The molecule has 2 fully saturated rings. The Labute approximate surface area is 164 Å². The number of rotatable bonds is 6. The number of aliphatic hydroxyl groups is 6. The van der Waals surface area contributed by atoms with Crippen molar-refractivity contribution in [1.82, 2.24) is 0 Å². The van der Waals surface area contributed by atoms with Crippen molar-refractivity contribution in [3.05, 3.63) is 12.2 Å². The van der Waals surface area contributed by atoms with E-state index < -0.39 is 61.0 Å². The van der Waals surface area contributed by atoms with Crippen LogP contribution >= 0.6 is 0 Å². The van der Waals surface area contributed by atoms with Gasteiger partial charge in [0.1, 0.15) is 36.3 Å². The lowest BCUT2D eigenvalue weighted by molar-refractivity contribution is -0.309. The first-order valence-corrected chi connectivity index (χ1v) is 9.47. The maximum Gasteiger partial charge on any atom is 0.187 e. The summed E-state index contributed by atoms with van der Waals surface area (Å²) in [6.45, 7) is 4.25. The molecule has 1 aliphatic carbocycles. The number of hydrogen-bond donors (Lipinski definition) is 6. The van der Waals surface area contributed by atoms with E-state index >= 15 is 0 Å². The molecule has 9 nitrogen and oxygen atoms in total. The highest BCUT2D eigenvalue weighted by molar-refractivity contribution is 5.81. The van der Waals surface area contributed by atoms with Gasteiger partial charge in [0, 0.05) is 18.3 Å². The van der Waals surface area contributed by atoms with Gasteiger partial charge in [-0.2, -0.15) is 0 Å². The fourth-order valence-electron chi connectivity index (χ4n) is 4.02. The summed E-state index contributed by atoms with van der Waals surface area (Å²) >= 11 is 0. The van der Waals surface area contributed by atoms with Gasteiger partial charge in [-0.25, -0.2) is 0 Å². The van der Waals surface area contributed by atoms with E-state index in [2.05, 4.69) is 0 Å². The van der Waals surface area contributed by atoms with Crippen LogP contribution < -0.4 is 0 Å². The number of Topliss-reactive ketones (excluding diaryl/α,β-unsaturated/α-hetero) is 1. The van der Waals surface area contributed by atoms with Gasteiger partial charge in [0.15, 0.2) is 6.29 Å². The van der Waals surface area contributed by atoms with Crippen LogP contribution in [0.15, 0.2) is 12.2 Å². The summed E-state index contributed by atoms with van der Waals surface area (Å²) < 4.78 is 10.8. The average Bonchev–Trinajstić information content (AvgIpc) is 2.62. The molecule has 1 saturated heterocycles. The summed E-state index contributed by atoms with van der Waals surface area (Å²) in [5.74, 6) is -0.265. The predicted octanol–water partition coefficient (Wildman–Crippen LogP) is -1.52. The Kier molecular flexibility index (Phi) is 7.38. The minimum absolute atomic E-state index is 0.0758. The van der Waals surface area contributed by atoms with Crippen molar-refractivity contribution in [3.8, 4) is 0 Å². The van der Waals surface area contributed by atoms with Gasteiger partial charge in [-0.3, -0.25) is 4.79 Å². The van der Waals surface area contributed by atoms with Crippen LogP contribution in [0.3, 0.4) is 0 Å². The van der Waals surface area contributed by atoms with Gasteiger partial charge in [-0.05, 0) is 5.92 Å². The van der Waals surface area contributed by atoms with E-state index in [9.17, 15) is 35.4 Å². The van der Waals surface area contributed by atoms with Crippen LogP contribution in [0.2, 0.25) is 0 Å². The fraction of sp³-hybridized carbons (Fsp3) is 0.842. The summed E-state index contributed by atoms with van der Waals surface area (Å²) in [7, 11) is 0. The lowest BCUT2D eigenvalue weighted by Gasteiger charge is -2.48. The second-order valence-electron chi connectivity index (χ2n) is 8.44. The lowest BCUT2D eigenvalue weighted by atomic mass is 9.60. The standard InChI is InChI=1S/C19H32O9/c1-10-6-11(22)7-18(2,3)19(10,26)5-4-12(8-20)27-17-16(25)15(24)14(23)13(9-21)28-17/h4-5,10,12-17,20-21,23-26H,6-9H2,1-3H3/b5-4+. The molecule has 0 amide bonds. The molecule has 0 spiro atoms. The van der Waals surface area contributed by atoms with Crippen LogP contribution in [0.4, 0.5) is 0 Å². The monoisotopic (exact) mass is 404 g/mol. The minimum atomic E-state index is -1.59. The topological polar surface area (TPSA) is 157 Å². The molecule has 0 aromatic heterocycles.